The Hall–Kier alpha value is -0.860. The molecule has 0 radical (unpaired) electrons. The molecule has 0 aliphatic carbocycles. The van der Waals surface area contributed by atoms with Crippen molar-refractivity contribution < 1.29 is 4.74 Å². The molecular weight excluding hydrogens is 198 g/mol. The van der Waals surface area contributed by atoms with E-state index in [9.17, 15) is 0 Å². The van der Waals surface area contributed by atoms with Crippen molar-refractivity contribution in [1.82, 2.24) is 0 Å². The third kappa shape index (κ3) is 4.77. The highest BCUT2D eigenvalue weighted by atomic mass is 16.5. The van der Waals surface area contributed by atoms with Gasteiger partial charge in [0.1, 0.15) is 0 Å². The molecule has 1 unspecified atom stereocenters. The van der Waals surface area contributed by atoms with Gasteiger partial charge < -0.3 is 10.5 Å². The van der Waals surface area contributed by atoms with E-state index >= 15 is 0 Å². The average molecular weight is 221 g/mol. The van der Waals surface area contributed by atoms with Crippen LogP contribution in [0.1, 0.15) is 30.0 Å². The standard InChI is InChI=1S/C14H23NO/c1-4-16-6-5-14(15)10-13-8-11(2)7-12(3)9-13/h7-9,14H,4-6,10,15H2,1-3H3. The summed E-state index contributed by atoms with van der Waals surface area (Å²) in [4.78, 5) is 0. The lowest BCUT2D eigenvalue weighted by molar-refractivity contribution is 0.140. The lowest BCUT2D eigenvalue weighted by Crippen LogP contribution is -2.24. The van der Waals surface area contributed by atoms with Crippen molar-refractivity contribution in [2.75, 3.05) is 13.2 Å². The van der Waals surface area contributed by atoms with Crippen LogP contribution in [0.25, 0.3) is 0 Å². The molecule has 0 aromatic heterocycles. The smallest absolute Gasteiger partial charge is 0.0480 e. The van der Waals surface area contributed by atoms with Gasteiger partial charge in [0.05, 0.1) is 0 Å². The molecule has 0 amide bonds. The number of hydrogen-bond acceptors (Lipinski definition) is 2. The lowest BCUT2D eigenvalue weighted by Gasteiger charge is -2.12. The molecule has 2 nitrogen and oxygen atoms in total. The zero-order chi connectivity index (χ0) is 12.0. The van der Waals surface area contributed by atoms with E-state index in [2.05, 4.69) is 32.0 Å². The maximum atomic E-state index is 6.07. The van der Waals surface area contributed by atoms with Crippen LogP contribution in [0, 0.1) is 13.8 Å². The Balaban J connectivity index is 2.45. The predicted molar refractivity (Wildman–Crippen MR) is 68.7 cm³/mol. The van der Waals surface area contributed by atoms with Crippen molar-refractivity contribution in [2.45, 2.75) is 39.7 Å². The summed E-state index contributed by atoms with van der Waals surface area (Å²) in [6.07, 6.45) is 1.87. The Morgan fingerprint density at radius 1 is 1.19 bits per heavy atom. The fourth-order valence-corrected chi connectivity index (χ4v) is 1.97. The van der Waals surface area contributed by atoms with E-state index in [1.54, 1.807) is 0 Å². The zero-order valence-electron chi connectivity index (χ0n) is 10.6. The Morgan fingerprint density at radius 2 is 1.81 bits per heavy atom. The van der Waals surface area contributed by atoms with Gasteiger partial charge >= 0.3 is 0 Å². The molecule has 0 aliphatic heterocycles. The minimum atomic E-state index is 0.202. The lowest BCUT2D eigenvalue weighted by atomic mass is 10.0. The summed E-state index contributed by atoms with van der Waals surface area (Å²) in [6, 6.07) is 6.82. The highest BCUT2D eigenvalue weighted by Gasteiger charge is 2.04. The number of rotatable bonds is 6. The first kappa shape index (κ1) is 13.2. The number of nitrogens with two attached hydrogens (primary N) is 1. The van der Waals surface area contributed by atoms with Gasteiger partial charge in [-0.25, -0.2) is 0 Å². The van der Waals surface area contributed by atoms with E-state index in [4.69, 9.17) is 10.5 Å². The van der Waals surface area contributed by atoms with Crippen LogP contribution in [0.15, 0.2) is 18.2 Å². The van der Waals surface area contributed by atoms with E-state index in [1.807, 2.05) is 6.92 Å². The van der Waals surface area contributed by atoms with Crippen molar-refractivity contribution in [1.29, 1.82) is 0 Å². The Kier molecular flexibility index (Phi) is 5.50. The molecule has 0 fully saturated rings. The van der Waals surface area contributed by atoms with Crippen molar-refractivity contribution >= 4 is 0 Å². The highest BCUT2D eigenvalue weighted by molar-refractivity contribution is 5.29. The van der Waals surface area contributed by atoms with Gasteiger partial charge in [0.2, 0.25) is 0 Å². The van der Waals surface area contributed by atoms with Crippen LogP contribution in [-0.4, -0.2) is 19.3 Å². The summed E-state index contributed by atoms with van der Waals surface area (Å²) in [5.41, 5.74) is 10.0. The molecule has 1 rings (SSSR count). The van der Waals surface area contributed by atoms with Gasteiger partial charge in [-0.1, -0.05) is 29.3 Å². The maximum Gasteiger partial charge on any atom is 0.0480 e. The summed E-state index contributed by atoms with van der Waals surface area (Å²) in [7, 11) is 0. The second-order valence-electron chi connectivity index (χ2n) is 4.45. The summed E-state index contributed by atoms with van der Waals surface area (Å²) in [6.45, 7) is 7.80. The molecule has 16 heavy (non-hydrogen) atoms. The van der Waals surface area contributed by atoms with Gasteiger partial charge in [-0.2, -0.15) is 0 Å². The Labute approximate surface area is 98.8 Å². The Bertz CT molecular complexity index is 302. The third-order valence-electron chi connectivity index (χ3n) is 2.62. The quantitative estimate of drug-likeness (QED) is 0.749. The van der Waals surface area contributed by atoms with Gasteiger partial charge in [0.15, 0.2) is 0 Å². The van der Waals surface area contributed by atoms with Crippen LogP contribution in [0.5, 0.6) is 0 Å². The zero-order valence-corrected chi connectivity index (χ0v) is 10.6. The SMILES string of the molecule is CCOCCC(N)Cc1cc(C)cc(C)c1. The van der Waals surface area contributed by atoms with Crippen molar-refractivity contribution in [3.8, 4) is 0 Å². The van der Waals surface area contributed by atoms with Gasteiger partial charge in [0.25, 0.3) is 0 Å². The van der Waals surface area contributed by atoms with Crippen LogP contribution >= 0.6 is 0 Å². The molecular formula is C14H23NO. The minimum Gasteiger partial charge on any atom is -0.382 e. The van der Waals surface area contributed by atoms with Gasteiger partial charge in [0, 0.05) is 19.3 Å². The first-order valence-electron chi connectivity index (χ1n) is 6.02. The number of hydrogen-bond donors (Lipinski definition) is 1. The van der Waals surface area contributed by atoms with Gasteiger partial charge in [-0.05, 0) is 39.2 Å². The molecule has 1 aromatic carbocycles. The molecule has 0 spiro atoms. The van der Waals surface area contributed by atoms with Gasteiger partial charge in [-0.3, -0.25) is 0 Å². The molecule has 2 N–H and O–H groups in total. The van der Waals surface area contributed by atoms with E-state index < -0.39 is 0 Å². The van der Waals surface area contributed by atoms with Gasteiger partial charge in [-0.15, -0.1) is 0 Å². The van der Waals surface area contributed by atoms with E-state index in [0.29, 0.717) is 0 Å². The molecule has 0 heterocycles. The van der Waals surface area contributed by atoms with E-state index in [-0.39, 0.29) is 6.04 Å². The van der Waals surface area contributed by atoms with Crippen molar-refractivity contribution in [3.63, 3.8) is 0 Å². The summed E-state index contributed by atoms with van der Waals surface area (Å²) in [5, 5.41) is 0. The fraction of sp³-hybridized carbons (Fsp3) is 0.571. The maximum absolute atomic E-state index is 6.07. The highest BCUT2D eigenvalue weighted by Crippen LogP contribution is 2.11. The summed E-state index contributed by atoms with van der Waals surface area (Å²) >= 11 is 0. The third-order valence-corrected chi connectivity index (χ3v) is 2.62. The topological polar surface area (TPSA) is 35.2 Å². The normalized spacial score (nSPS) is 12.8. The van der Waals surface area contributed by atoms with E-state index in [1.165, 1.54) is 16.7 Å². The first-order valence-corrected chi connectivity index (χ1v) is 6.02. The van der Waals surface area contributed by atoms with Crippen LogP contribution in [-0.2, 0) is 11.2 Å². The van der Waals surface area contributed by atoms with Crippen LogP contribution < -0.4 is 5.73 Å². The molecule has 0 aliphatic rings. The average Bonchev–Trinajstić information content (AvgIpc) is 2.16. The monoisotopic (exact) mass is 221 g/mol. The molecule has 0 saturated heterocycles. The largest absolute Gasteiger partial charge is 0.382 e. The van der Waals surface area contributed by atoms with Crippen LogP contribution in [0.2, 0.25) is 0 Å². The molecule has 0 bridgehead atoms. The predicted octanol–water partition coefficient (Wildman–Crippen LogP) is 2.60. The van der Waals surface area contributed by atoms with Crippen LogP contribution in [0.4, 0.5) is 0 Å². The second kappa shape index (κ2) is 6.66. The fourth-order valence-electron chi connectivity index (χ4n) is 1.97. The number of benzene rings is 1. The number of aryl methyl sites for hydroxylation is 2. The number of ether oxygens (including phenoxy) is 1. The molecule has 1 atom stereocenters. The minimum absolute atomic E-state index is 0.202. The van der Waals surface area contributed by atoms with Crippen molar-refractivity contribution in [2.24, 2.45) is 5.73 Å². The molecule has 1 aromatic rings. The molecule has 90 valence electrons. The first-order chi connectivity index (χ1) is 7.61. The molecule has 0 saturated carbocycles. The Morgan fingerprint density at radius 3 is 2.38 bits per heavy atom. The summed E-state index contributed by atoms with van der Waals surface area (Å²) in [5.74, 6) is 0. The van der Waals surface area contributed by atoms with E-state index in [0.717, 1.165) is 26.1 Å². The second-order valence-corrected chi connectivity index (χ2v) is 4.45. The van der Waals surface area contributed by atoms with Crippen molar-refractivity contribution in [3.05, 3.63) is 34.9 Å². The summed E-state index contributed by atoms with van der Waals surface area (Å²) < 4.78 is 5.31. The van der Waals surface area contributed by atoms with Crippen LogP contribution in [0.3, 0.4) is 0 Å². The molecule has 2 heteroatoms.